The number of hydrazone groups is 1. The summed E-state index contributed by atoms with van der Waals surface area (Å²) in [5, 5.41) is 15.9. The van der Waals surface area contributed by atoms with Gasteiger partial charge in [0.2, 0.25) is 5.13 Å². The van der Waals surface area contributed by atoms with E-state index < -0.39 is 5.82 Å². The van der Waals surface area contributed by atoms with E-state index in [1.165, 1.54) is 17.6 Å². The van der Waals surface area contributed by atoms with Crippen LogP contribution in [0.15, 0.2) is 22.6 Å². The second-order valence-corrected chi connectivity index (χ2v) is 4.75. The maximum atomic E-state index is 13.1. The zero-order chi connectivity index (χ0) is 13.1. The third kappa shape index (κ3) is 2.96. The molecule has 0 spiro atoms. The molecule has 18 heavy (non-hydrogen) atoms. The summed E-state index contributed by atoms with van der Waals surface area (Å²) in [5.74, 6) is -0.747. The summed E-state index contributed by atoms with van der Waals surface area (Å²) in [6.07, 6.45) is 1.28. The Morgan fingerprint density at radius 3 is 3.00 bits per heavy atom. The molecule has 1 heterocycles. The van der Waals surface area contributed by atoms with Crippen LogP contribution in [0.4, 0.5) is 9.52 Å². The zero-order valence-corrected chi connectivity index (χ0v) is 10.9. The highest BCUT2D eigenvalue weighted by Crippen LogP contribution is 2.27. The maximum Gasteiger partial charge on any atom is 0.203 e. The number of nitrogens with zero attached hydrogens (tertiary/aromatic N) is 2. The largest absolute Gasteiger partial charge is 0.506 e. The van der Waals surface area contributed by atoms with Crippen LogP contribution in [-0.2, 0) is 0 Å². The minimum absolute atomic E-state index is 0.0541. The molecule has 2 aromatic rings. The van der Waals surface area contributed by atoms with Gasteiger partial charge in [-0.05, 0) is 19.1 Å². The maximum absolute atomic E-state index is 13.1. The van der Waals surface area contributed by atoms with Gasteiger partial charge in [0.1, 0.15) is 11.6 Å². The Hall–Kier alpha value is -1.66. The zero-order valence-electron chi connectivity index (χ0n) is 9.32. The van der Waals surface area contributed by atoms with Gasteiger partial charge < -0.3 is 5.11 Å². The monoisotopic (exact) mass is 285 g/mol. The van der Waals surface area contributed by atoms with Crippen molar-refractivity contribution < 1.29 is 9.50 Å². The Balaban J connectivity index is 2.14. The fraction of sp³-hybridized carbons (Fsp3) is 0.0909. The molecule has 94 valence electrons. The fourth-order valence-corrected chi connectivity index (χ4v) is 2.10. The fourth-order valence-electron chi connectivity index (χ4n) is 1.25. The molecule has 1 aromatic carbocycles. The lowest BCUT2D eigenvalue weighted by molar-refractivity contribution is 0.472. The van der Waals surface area contributed by atoms with E-state index in [0.717, 1.165) is 17.8 Å². The van der Waals surface area contributed by atoms with Gasteiger partial charge in [-0.25, -0.2) is 9.37 Å². The molecule has 0 bridgehead atoms. The molecule has 0 aliphatic rings. The quantitative estimate of drug-likeness (QED) is 0.671. The number of phenolic OH excluding ortho intramolecular Hbond substituents is 1. The summed E-state index contributed by atoms with van der Waals surface area (Å²) in [5.41, 5.74) is 3.76. The molecule has 2 rings (SSSR count). The highest BCUT2D eigenvalue weighted by Gasteiger charge is 2.06. The van der Waals surface area contributed by atoms with Crippen LogP contribution in [0.2, 0.25) is 5.02 Å². The molecule has 0 aliphatic heterocycles. The van der Waals surface area contributed by atoms with Gasteiger partial charge in [0.25, 0.3) is 0 Å². The predicted molar refractivity (Wildman–Crippen MR) is 71.1 cm³/mol. The minimum Gasteiger partial charge on any atom is -0.506 e. The third-order valence-electron chi connectivity index (χ3n) is 2.04. The van der Waals surface area contributed by atoms with E-state index in [-0.39, 0.29) is 16.3 Å². The summed E-state index contributed by atoms with van der Waals surface area (Å²) in [6.45, 7) is 1.86. The minimum atomic E-state index is -0.538. The number of aromatic hydroxyl groups is 1. The Morgan fingerprint density at radius 1 is 1.56 bits per heavy atom. The van der Waals surface area contributed by atoms with Crippen LogP contribution in [0.1, 0.15) is 11.3 Å². The normalized spacial score (nSPS) is 11.1. The summed E-state index contributed by atoms with van der Waals surface area (Å²) < 4.78 is 13.1. The highest BCUT2D eigenvalue weighted by molar-refractivity contribution is 7.13. The summed E-state index contributed by atoms with van der Waals surface area (Å²) in [6, 6.07) is 2.17. The molecule has 2 N–H and O–H groups in total. The van der Waals surface area contributed by atoms with Crippen LogP contribution < -0.4 is 5.43 Å². The number of hydrogen-bond acceptors (Lipinski definition) is 5. The van der Waals surface area contributed by atoms with Gasteiger partial charge in [-0.15, -0.1) is 11.3 Å². The average Bonchev–Trinajstić information content (AvgIpc) is 2.71. The van der Waals surface area contributed by atoms with Crippen LogP contribution in [0.25, 0.3) is 0 Å². The van der Waals surface area contributed by atoms with Crippen molar-refractivity contribution >= 4 is 34.3 Å². The molecule has 1 aromatic heterocycles. The van der Waals surface area contributed by atoms with Crippen molar-refractivity contribution in [1.82, 2.24) is 4.98 Å². The summed E-state index contributed by atoms with van der Waals surface area (Å²) in [4.78, 5) is 4.13. The Bertz CT molecular complexity index is 600. The molecule has 0 saturated heterocycles. The van der Waals surface area contributed by atoms with Crippen molar-refractivity contribution in [3.8, 4) is 5.75 Å². The average molecular weight is 286 g/mol. The number of halogens is 2. The van der Waals surface area contributed by atoms with Gasteiger partial charge in [0, 0.05) is 10.9 Å². The van der Waals surface area contributed by atoms with E-state index in [9.17, 15) is 9.50 Å². The van der Waals surface area contributed by atoms with E-state index in [0.29, 0.717) is 5.13 Å². The first-order valence-corrected chi connectivity index (χ1v) is 6.21. The number of phenols is 1. The number of aromatic nitrogens is 1. The Morgan fingerprint density at radius 2 is 2.33 bits per heavy atom. The first-order valence-electron chi connectivity index (χ1n) is 4.95. The van der Waals surface area contributed by atoms with Crippen molar-refractivity contribution in [2.24, 2.45) is 5.10 Å². The molecular formula is C11H9ClFN3OS. The van der Waals surface area contributed by atoms with Gasteiger partial charge >= 0.3 is 0 Å². The molecule has 0 saturated carbocycles. The first kappa shape index (κ1) is 12.8. The molecule has 0 radical (unpaired) electrons. The lowest BCUT2D eigenvalue weighted by atomic mass is 10.2. The molecule has 0 amide bonds. The second kappa shape index (κ2) is 5.32. The van der Waals surface area contributed by atoms with E-state index >= 15 is 0 Å². The number of hydrogen-bond donors (Lipinski definition) is 2. The number of nitrogens with one attached hydrogen (secondary N) is 1. The van der Waals surface area contributed by atoms with Crippen molar-refractivity contribution in [3.63, 3.8) is 0 Å². The second-order valence-electron chi connectivity index (χ2n) is 3.49. The van der Waals surface area contributed by atoms with Gasteiger partial charge in [0.05, 0.1) is 16.9 Å². The van der Waals surface area contributed by atoms with Crippen molar-refractivity contribution in [1.29, 1.82) is 0 Å². The number of anilines is 1. The van der Waals surface area contributed by atoms with Crippen molar-refractivity contribution in [3.05, 3.63) is 39.6 Å². The van der Waals surface area contributed by atoms with Crippen LogP contribution in [0.3, 0.4) is 0 Å². The SMILES string of the molecule is Cc1csc(NN=Cc2cc(F)cc(Cl)c2O)n1. The van der Waals surface area contributed by atoms with Crippen LogP contribution >= 0.6 is 22.9 Å². The molecular weight excluding hydrogens is 277 g/mol. The number of thiazole rings is 1. The van der Waals surface area contributed by atoms with Gasteiger partial charge in [-0.2, -0.15) is 5.10 Å². The van der Waals surface area contributed by atoms with Gasteiger partial charge in [-0.3, -0.25) is 5.43 Å². The molecule has 0 aliphatic carbocycles. The lowest BCUT2D eigenvalue weighted by Crippen LogP contribution is -1.92. The van der Waals surface area contributed by atoms with Crippen molar-refractivity contribution in [2.45, 2.75) is 6.92 Å². The van der Waals surface area contributed by atoms with Gasteiger partial charge in [-0.1, -0.05) is 11.6 Å². The molecule has 0 unspecified atom stereocenters. The molecule has 7 heteroatoms. The molecule has 4 nitrogen and oxygen atoms in total. The number of benzene rings is 1. The third-order valence-corrected chi connectivity index (χ3v) is 3.19. The summed E-state index contributed by atoms with van der Waals surface area (Å²) >= 11 is 7.03. The van der Waals surface area contributed by atoms with Crippen LogP contribution in [0.5, 0.6) is 5.75 Å². The predicted octanol–water partition coefficient (Wildman–Crippen LogP) is 3.40. The van der Waals surface area contributed by atoms with Crippen molar-refractivity contribution in [2.75, 3.05) is 5.43 Å². The molecule has 0 atom stereocenters. The number of rotatable bonds is 3. The van der Waals surface area contributed by atoms with Crippen LogP contribution in [-0.4, -0.2) is 16.3 Å². The Labute approximate surface area is 112 Å². The van der Waals surface area contributed by atoms with E-state index in [2.05, 4.69) is 15.5 Å². The van der Waals surface area contributed by atoms with Crippen LogP contribution in [0, 0.1) is 12.7 Å². The highest BCUT2D eigenvalue weighted by atomic mass is 35.5. The first-order chi connectivity index (χ1) is 8.56. The standard InChI is InChI=1S/C11H9ClFN3OS/c1-6-5-18-11(15-6)16-14-4-7-2-8(13)3-9(12)10(7)17/h2-5,17H,1H3,(H,15,16). The van der Waals surface area contributed by atoms with Gasteiger partial charge in [0.15, 0.2) is 0 Å². The summed E-state index contributed by atoms with van der Waals surface area (Å²) in [7, 11) is 0. The topological polar surface area (TPSA) is 57.5 Å². The smallest absolute Gasteiger partial charge is 0.203 e. The Kier molecular flexibility index (Phi) is 3.78. The lowest BCUT2D eigenvalue weighted by Gasteiger charge is -2.01. The molecule has 0 fully saturated rings. The van der Waals surface area contributed by atoms with E-state index in [4.69, 9.17) is 11.6 Å². The van der Waals surface area contributed by atoms with E-state index in [1.807, 2.05) is 12.3 Å². The van der Waals surface area contributed by atoms with E-state index in [1.54, 1.807) is 0 Å². The number of aryl methyl sites for hydroxylation is 1.